The summed E-state index contributed by atoms with van der Waals surface area (Å²) in [6, 6.07) is 9.28. The standard InChI is InChI=1S/C24H28N4O3/c1-15-5-4-6-20(26-15)23(30)27-21-11-17-13-25-28(18-9-7-16(14-29)8-10-18)22(17)12-19(21)24(2,3)31/h4-6,11-14,16,18,31H,7-10H2,1-3H3,(H,27,30). The molecule has 2 N–H and O–H groups in total. The van der Waals surface area contributed by atoms with Gasteiger partial charge in [-0.25, -0.2) is 4.98 Å². The van der Waals surface area contributed by atoms with Crippen molar-refractivity contribution in [3.8, 4) is 0 Å². The molecule has 3 aromatic rings. The van der Waals surface area contributed by atoms with E-state index < -0.39 is 5.60 Å². The highest BCUT2D eigenvalue weighted by molar-refractivity contribution is 6.04. The Morgan fingerprint density at radius 3 is 2.61 bits per heavy atom. The van der Waals surface area contributed by atoms with Crippen LogP contribution in [0, 0.1) is 12.8 Å². The molecule has 0 aliphatic heterocycles. The second-order valence-electron chi connectivity index (χ2n) is 8.93. The molecule has 1 aliphatic rings. The number of rotatable bonds is 5. The number of aryl methyl sites for hydroxylation is 1. The van der Waals surface area contributed by atoms with Gasteiger partial charge < -0.3 is 15.2 Å². The molecule has 2 aromatic heterocycles. The van der Waals surface area contributed by atoms with Crippen molar-refractivity contribution in [3.63, 3.8) is 0 Å². The van der Waals surface area contributed by atoms with Crippen LogP contribution in [0.4, 0.5) is 5.69 Å². The monoisotopic (exact) mass is 420 g/mol. The first-order valence-electron chi connectivity index (χ1n) is 10.7. The number of hydrogen-bond acceptors (Lipinski definition) is 5. The molecule has 0 atom stereocenters. The van der Waals surface area contributed by atoms with Gasteiger partial charge in [0.25, 0.3) is 5.91 Å². The zero-order chi connectivity index (χ0) is 22.2. The molecule has 0 spiro atoms. The van der Waals surface area contributed by atoms with E-state index in [0.29, 0.717) is 16.9 Å². The first-order valence-corrected chi connectivity index (χ1v) is 10.7. The highest BCUT2D eigenvalue weighted by atomic mass is 16.3. The second-order valence-corrected chi connectivity index (χ2v) is 8.93. The molecule has 0 saturated heterocycles. The summed E-state index contributed by atoms with van der Waals surface area (Å²) in [5.41, 5.74) is 1.99. The van der Waals surface area contributed by atoms with Crippen molar-refractivity contribution >= 4 is 28.8 Å². The minimum atomic E-state index is -1.17. The number of amides is 1. The van der Waals surface area contributed by atoms with Gasteiger partial charge in [0.15, 0.2) is 0 Å². The van der Waals surface area contributed by atoms with E-state index in [1.807, 2.05) is 29.8 Å². The molecule has 1 saturated carbocycles. The van der Waals surface area contributed by atoms with Gasteiger partial charge in [-0.3, -0.25) is 9.48 Å². The summed E-state index contributed by atoms with van der Waals surface area (Å²) in [5, 5.41) is 19.2. The number of aromatic nitrogens is 3. The maximum atomic E-state index is 12.8. The number of pyridine rings is 1. The summed E-state index contributed by atoms with van der Waals surface area (Å²) in [4.78, 5) is 28.2. The van der Waals surface area contributed by atoms with Gasteiger partial charge >= 0.3 is 0 Å². The van der Waals surface area contributed by atoms with Gasteiger partial charge in [-0.2, -0.15) is 5.10 Å². The Morgan fingerprint density at radius 1 is 1.23 bits per heavy atom. The maximum Gasteiger partial charge on any atom is 0.274 e. The smallest absolute Gasteiger partial charge is 0.274 e. The van der Waals surface area contributed by atoms with Gasteiger partial charge in [-0.05, 0) is 70.7 Å². The number of carbonyl (C=O) groups is 2. The molecule has 1 aromatic carbocycles. The van der Waals surface area contributed by atoms with Crippen LogP contribution >= 0.6 is 0 Å². The Bertz CT molecular complexity index is 1120. The third kappa shape index (κ3) is 4.37. The van der Waals surface area contributed by atoms with E-state index in [0.717, 1.165) is 48.6 Å². The number of nitrogens with one attached hydrogen (secondary N) is 1. The van der Waals surface area contributed by atoms with E-state index in [9.17, 15) is 14.7 Å². The van der Waals surface area contributed by atoms with E-state index in [2.05, 4.69) is 15.4 Å². The fraction of sp³-hybridized carbons (Fsp3) is 0.417. The van der Waals surface area contributed by atoms with Crippen molar-refractivity contribution < 1.29 is 14.7 Å². The topological polar surface area (TPSA) is 97.1 Å². The molecule has 0 unspecified atom stereocenters. The summed E-state index contributed by atoms with van der Waals surface area (Å²) in [5.74, 6) is -0.185. The fourth-order valence-electron chi connectivity index (χ4n) is 4.33. The van der Waals surface area contributed by atoms with Gasteiger partial charge in [0.2, 0.25) is 0 Å². The molecular weight excluding hydrogens is 392 g/mol. The molecule has 7 nitrogen and oxygen atoms in total. The van der Waals surface area contributed by atoms with Crippen LogP contribution < -0.4 is 5.32 Å². The van der Waals surface area contributed by atoms with Gasteiger partial charge in [0.1, 0.15) is 12.0 Å². The van der Waals surface area contributed by atoms with Gasteiger partial charge in [0.05, 0.1) is 23.4 Å². The average molecular weight is 421 g/mol. The van der Waals surface area contributed by atoms with Crippen molar-refractivity contribution in [2.75, 3.05) is 5.32 Å². The largest absolute Gasteiger partial charge is 0.386 e. The van der Waals surface area contributed by atoms with E-state index in [1.54, 1.807) is 32.2 Å². The molecule has 1 fully saturated rings. The normalized spacial score (nSPS) is 19.4. The number of anilines is 1. The summed E-state index contributed by atoms with van der Waals surface area (Å²) >= 11 is 0. The molecule has 4 rings (SSSR count). The first kappa shape index (κ1) is 21.2. The Kier molecular flexibility index (Phi) is 5.62. The minimum Gasteiger partial charge on any atom is -0.386 e. The lowest BCUT2D eigenvalue weighted by molar-refractivity contribution is -0.112. The third-order valence-electron chi connectivity index (χ3n) is 6.04. The van der Waals surface area contributed by atoms with E-state index in [-0.39, 0.29) is 17.9 Å². The highest BCUT2D eigenvalue weighted by Gasteiger charge is 2.27. The molecule has 2 heterocycles. The Morgan fingerprint density at radius 2 is 1.97 bits per heavy atom. The number of benzene rings is 1. The Labute approximate surface area is 181 Å². The van der Waals surface area contributed by atoms with Crippen LogP contribution in [0.3, 0.4) is 0 Å². The number of nitrogens with zero attached hydrogens (tertiary/aromatic N) is 3. The number of aliphatic hydroxyl groups is 1. The highest BCUT2D eigenvalue weighted by Crippen LogP contribution is 2.36. The van der Waals surface area contributed by atoms with Crippen LogP contribution in [0.1, 0.15) is 67.3 Å². The number of carbonyl (C=O) groups excluding carboxylic acids is 2. The SMILES string of the molecule is Cc1cccc(C(=O)Nc2cc3cnn(C4CCC(C=O)CC4)c3cc2C(C)(C)O)n1. The van der Waals surface area contributed by atoms with Crippen molar-refractivity contribution in [3.05, 3.63) is 53.5 Å². The lowest BCUT2D eigenvalue weighted by atomic mass is 9.87. The van der Waals surface area contributed by atoms with E-state index in [4.69, 9.17) is 0 Å². The lowest BCUT2D eigenvalue weighted by Gasteiger charge is -2.27. The number of aldehydes is 1. The molecule has 0 radical (unpaired) electrons. The van der Waals surface area contributed by atoms with Crippen LogP contribution in [-0.2, 0) is 10.4 Å². The molecule has 0 bridgehead atoms. The molecular formula is C24H28N4O3. The van der Waals surface area contributed by atoms with E-state index in [1.165, 1.54) is 0 Å². The van der Waals surface area contributed by atoms with Gasteiger partial charge in [-0.1, -0.05) is 6.07 Å². The van der Waals surface area contributed by atoms with Crippen molar-refractivity contribution in [2.24, 2.45) is 5.92 Å². The molecule has 1 amide bonds. The van der Waals surface area contributed by atoms with Crippen LogP contribution in [0.15, 0.2) is 36.5 Å². The Hall–Kier alpha value is -3.06. The van der Waals surface area contributed by atoms with Crippen LogP contribution in [-0.4, -0.2) is 32.1 Å². The maximum absolute atomic E-state index is 12.8. The summed E-state index contributed by atoms with van der Waals surface area (Å²) < 4.78 is 2.00. The summed E-state index contributed by atoms with van der Waals surface area (Å²) in [6.45, 7) is 5.23. The van der Waals surface area contributed by atoms with Crippen LogP contribution in [0.5, 0.6) is 0 Å². The first-order chi connectivity index (χ1) is 14.8. The zero-order valence-electron chi connectivity index (χ0n) is 18.1. The molecule has 1 aliphatic carbocycles. The zero-order valence-corrected chi connectivity index (χ0v) is 18.1. The minimum absolute atomic E-state index is 0.141. The number of hydrogen-bond donors (Lipinski definition) is 2. The van der Waals surface area contributed by atoms with E-state index >= 15 is 0 Å². The predicted octanol–water partition coefficient (Wildman–Crippen LogP) is 4.15. The van der Waals surface area contributed by atoms with Gasteiger partial charge in [0, 0.05) is 28.2 Å². The van der Waals surface area contributed by atoms with Crippen molar-refractivity contribution in [1.29, 1.82) is 0 Å². The average Bonchev–Trinajstić information content (AvgIpc) is 3.15. The molecule has 31 heavy (non-hydrogen) atoms. The summed E-state index contributed by atoms with van der Waals surface area (Å²) in [6.07, 6.45) is 6.37. The molecule has 162 valence electrons. The lowest BCUT2D eigenvalue weighted by Crippen LogP contribution is -2.22. The third-order valence-corrected chi connectivity index (χ3v) is 6.04. The van der Waals surface area contributed by atoms with Crippen LogP contribution in [0.2, 0.25) is 0 Å². The van der Waals surface area contributed by atoms with Gasteiger partial charge in [-0.15, -0.1) is 0 Å². The summed E-state index contributed by atoms with van der Waals surface area (Å²) in [7, 11) is 0. The molecule has 7 heteroatoms. The quantitative estimate of drug-likeness (QED) is 0.605. The number of fused-ring (bicyclic) bond motifs is 1. The van der Waals surface area contributed by atoms with Crippen LogP contribution in [0.25, 0.3) is 10.9 Å². The second kappa shape index (κ2) is 8.23. The van der Waals surface area contributed by atoms with Crippen molar-refractivity contribution in [2.45, 2.75) is 58.1 Å². The van der Waals surface area contributed by atoms with Crippen molar-refractivity contribution in [1.82, 2.24) is 14.8 Å². The Balaban J connectivity index is 1.70. The predicted molar refractivity (Wildman–Crippen MR) is 119 cm³/mol. The fourth-order valence-corrected chi connectivity index (χ4v) is 4.33.